The zero-order chi connectivity index (χ0) is 10.6. The van der Waals surface area contributed by atoms with Crippen LogP contribution < -0.4 is 5.32 Å². The minimum absolute atomic E-state index is 0.122. The molecule has 5 nitrogen and oxygen atoms in total. The molecule has 0 rings (SSSR count). The second kappa shape index (κ2) is 10.2. The van der Waals surface area contributed by atoms with Gasteiger partial charge in [0.15, 0.2) is 0 Å². The van der Waals surface area contributed by atoms with E-state index in [-0.39, 0.29) is 6.04 Å². The smallest absolute Gasteiger partial charge is 0.0960 e. The number of nitrogens with zero attached hydrogens (tertiary/aromatic N) is 4. The van der Waals surface area contributed by atoms with E-state index in [0.717, 1.165) is 17.9 Å². The highest BCUT2D eigenvalue weighted by Crippen LogP contribution is 2.03. The van der Waals surface area contributed by atoms with Crippen LogP contribution in [0.3, 0.4) is 0 Å². The minimum Gasteiger partial charge on any atom is -0.302 e. The molecule has 0 spiro atoms. The van der Waals surface area contributed by atoms with Gasteiger partial charge < -0.3 is 5.32 Å². The summed E-state index contributed by atoms with van der Waals surface area (Å²) < 4.78 is 0. The average molecular weight is 213 g/mol. The van der Waals surface area contributed by atoms with Gasteiger partial charge in [-0.25, -0.2) is 0 Å². The van der Waals surface area contributed by atoms with Crippen LogP contribution in [0.2, 0.25) is 0 Å². The Kier molecular flexibility index (Phi) is 9.54. The summed E-state index contributed by atoms with van der Waals surface area (Å²) in [6.45, 7) is 3.07. The number of hydrogen-bond acceptors (Lipinski definition) is 4. The largest absolute Gasteiger partial charge is 0.302 e. The standard InChI is InChI=1S/C8H15N5S/c1-2-14-6-3-8(7-9)11-4-5-12-13-10/h8,11H,2-6H2,1H3. The highest BCUT2D eigenvalue weighted by Gasteiger charge is 2.04. The molecule has 0 heterocycles. The molecule has 0 aromatic rings. The van der Waals surface area contributed by atoms with Crippen molar-refractivity contribution in [1.82, 2.24) is 5.32 Å². The third kappa shape index (κ3) is 7.74. The van der Waals surface area contributed by atoms with E-state index in [9.17, 15) is 0 Å². The second-order valence-corrected chi connectivity index (χ2v) is 3.97. The van der Waals surface area contributed by atoms with E-state index in [2.05, 4.69) is 28.3 Å². The lowest BCUT2D eigenvalue weighted by molar-refractivity contribution is 0.596. The summed E-state index contributed by atoms with van der Waals surface area (Å²) in [5.74, 6) is 2.07. The molecule has 1 unspecified atom stereocenters. The Hall–Kier alpha value is -0.890. The van der Waals surface area contributed by atoms with Crippen LogP contribution in [0.25, 0.3) is 10.4 Å². The third-order valence-corrected chi connectivity index (χ3v) is 2.51. The molecule has 0 fully saturated rings. The Bertz CT molecular complexity index is 218. The number of nitriles is 1. The molecule has 6 heteroatoms. The predicted molar refractivity (Wildman–Crippen MR) is 59.0 cm³/mol. The van der Waals surface area contributed by atoms with Crippen molar-refractivity contribution in [2.75, 3.05) is 24.6 Å². The van der Waals surface area contributed by atoms with Gasteiger partial charge in [-0.2, -0.15) is 17.0 Å². The molecule has 78 valence electrons. The van der Waals surface area contributed by atoms with Crippen molar-refractivity contribution < 1.29 is 0 Å². The first-order valence-corrected chi connectivity index (χ1v) is 5.72. The van der Waals surface area contributed by atoms with Crippen molar-refractivity contribution in [3.8, 4) is 6.07 Å². The van der Waals surface area contributed by atoms with E-state index in [0.29, 0.717) is 13.1 Å². The molecule has 0 bridgehead atoms. The quantitative estimate of drug-likeness (QED) is 0.289. The summed E-state index contributed by atoms with van der Waals surface area (Å²) in [4.78, 5) is 2.63. The zero-order valence-electron chi connectivity index (χ0n) is 8.31. The predicted octanol–water partition coefficient (Wildman–Crippen LogP) is 1.92. The number of nitrogens with one attached hydrogen (secondary N) is 1. The van der Waals surface area contributed by atoms with Crippen molar-refractivity contribution >= 4 is 11.8 Å². The van der Waals surface area contributed by atoms with Crippen molar-refractivity contribution in [2.24, 2.45) is 5.11 Å². The fraction of sp³-hybridized carbons (Fsp3) is 0.875. The molecule has 0 aliphatic heterocycles. The molecule has 0 saturated carbocycles. The van der Waals surface area contributed by atoms with Gasteiger partial charge in [-0.15, -0.1) is 0 Å². The highest BCUT2D eigenvalue weighted by atomic mass is 32.2. The lowest BCUT2D eigenvalue weighted by atomic mass is 10.2. The van der Waals surface area contributed by atoms with Crippen molar-refractivity contribution in [3.63, 3.8) is 0 Å². The Labute approximate surface area is 88.5 Å². The maximum atomic E-state index is 8.76. The minimum atomic E-state index is -0.122. The summed E-state index contributed by atoms with van der Waals surface area (Å²) in [7, 11) is 0. The maximum absolute atomic E-state index is 8.76. The number of rotatable bonds is 8. The third-order valence-electron chi connectivity index (χ3n) is 1.58. The van der Waals surface area contributed by atoms with Gasteiger partial charge in [0, 0.05) is 18.0 Å². The van der Waals surface area contributed by atoms with Gasteiger partial charge in [0.2, 0.25) is 0 Å². The molecule has 0 radical (unpaired) electrons. The molecule has 1 N–H and O–H groups in total. The van der Waals surface area contributed by atoms with Gasteiger partial charge in [-0.05, 0) is 23.5 Å². The van der Waals surface area contributed by atoms with E-state index in [1.807, 2.05) is 11.8 Å². The molecular weight excluding hydrogens is 198 g/mol. The fourth-order valence-electron chi connectivity index (χ4n) is 0.891. The van der Waals surface area contributed by atoms with E-state index in [1.54, 1.807) is 0 Å². The maximum Gasteiger partial charge on any atom is 0.0960 e. The molecule has 14 heavy (non-hydrogen) atoms. The van der Waals surface area contributed by atoms with Crippen LogP contribution in [0.4, 0.5) is 0 Å². The molecular formula is C8H15N5S. The summed E-state index contributed by atoms with van der Waals surface area (Å²) in [6.07, 6.45) is 0.839. The monoisotopic (exact) mass is 213 g/mol. The lowest BCUT2D eigenvalue weighted by Crippen LogP contribution is -2.30. The average Bonchev–Trinajstić information content (AvgIpc) is 2.22. The van der Waals surface area contributed by atoms with Crippen LogP contribution >= 0.6 is 11.8 Å². The topological polar surface area (TPSA) is 84.6 Å². The van der Waals surface area contributed by atoms with Crippen molar-refractivity contribution in [3.05, 3.63) is 10.4 Å². The summed E-state index contributed by atoms with van der Waals surface area (Å²) in [5.41, 5.74) is 8.02. The fourth-order valence-corrected chi connectivity index (χ4v) is 1.58. The molecule has 0 aromatic heterocycles. The molecule has 0 aromatic carbocycles. The van der Waals surface area contributed by atoms with Crippen LogP contribution in [0.15, 0.2) is 5.11 Å². The van der Waals surface area contributed by atoms with Crippen LogP contribution in [0.1, 0.15) is 13.3 Å². The van der Waals surface area contributed by atoms with E-state index in [4.69, 9.17) is 10.8 Å². The molecule has 0 saturated heterocycles. The van der Waals surface area contributed by atoms with Crippen LogP contribution in [0.5, 0.6) is 0 Å². The van der Waals surface area contributed by atoms with Gasteiger partial charge in [0.05, 0.1) is 12.1 Å². The van der Waals surface area contributed by atoms with E-state index >= 15 is 0 Å². The molecule has 0 amide bonds. The second-order valence-electron chi connectivity index (χ2n) is 2.58. The Morgan fingerprint density at radius 1 is 1.71 bits per heavy atom. The summed E-state index contributed by atoms with van der Waals surface area (Å²) in [5, 5.41) is 15.2. The Morgan fingerprint density at radius 2 is 2.50 bits per heavy atom. The molecule has 1 atom stereocenters. The lowest BCUT2D eigenvalue weighted by Gasteiger charge is -2.09. The Balaban J connectivity index is 3.48. The van der Waals surface area contributed by atoms with E-state index < -0.39 is 0 Å². The van der Waals surface area contributed by atoms with Gasteiger partial charge in [0.1, 0.15) is 0 Å². The van der Waals surface area contributed by atoms with Gasteiger partial charge >= 0.3 is 0 Å². The number of thioether (sulfide) groups is 1. The van der Waals surface area contributed by atoms with Crippen LogP contribution in [-0.4, -0.2) is 30.6 Å². The van der Waals surface area contributed by atoms with Gasteiger partial charge in [-0.1, -0.05) is 12.0 Å². The van der Waals surface area contributed by atoms with Crippen LogP contribution in [-0.2, 0) is 0 Å². The van der Waals surface area contributed by atoms with Crippen molar-refractivity contribution in [2.45, 2.75) is 19.4 Å². The first-order chi connectivity index (χ1) is 6.85. The molecule has 0 aliphatic carbocycles. The van der Waals surface area contributed by atoms with Gasteiger partial charge in [0.25, 0.3) is 0 Å². The van der Waals surface area contributed by atoms with E-state index in [1.165, 1.54) is 0 Å². The normalized spacial score (nSPS) is 11.4. The molecule has 0 aliphatic rings. The highest BCUT2D eigenvalue weighted by molar-refractivity contribution is 7.99. The zero-order valence-corrected chi connectivity index (χ0v) is 9.13. The first-order valence-electron chi connectivity index (χ1n) is 4.56. The summed E-state index contributed by atoms with van der Waals surface area (Å²) >= 11 is 1.82. The Morgan fingerprint density at radius 3 is 3.07 bits per heavy atom. The number of azide groups is 1. The summed E-state index contributed by atoms with van der Waals surface area (Å²) in [6, 6.07) is 2.06. The van der Waals surface area contributed by atoms with Crippen molar-refractivity contribution in [1.29, 1.82) is 5.26 Å². The van der Waals surface area contributed by atoms with Crippen LogP contribution in [0, 0.1) is 11.3 Å². The SMILES string of the molecule is CCSCCC(C#N)NCCN=[N+]=[N-]. The van der Waals surface area contributed by atoms with Gasteiger partial charge in [-0.3, -0.25) is 0 Å². The first kappa shape index (κ1) is 13.1. The number of hydrogen-bond donors (Lipinski definition) is 1.